The molecule has 0 saturated carbocycles. The summed E-state index contributed by atoms with van der Waals surface area (Å²) in [6.45, 7) is 0. The second-order valence-corrected chi connectivity index (χ2v) is 4.37. The minimum Gasteiger partial charge on any atom is -0.256 e. The van der Waals surface area contributed by atoms with Crippen LogP contribution in [-0.4, -0.2) is 17.3 Å². The number of hydrogen-bond donors (Lipinski definition) is 0. The Morgan fingerprint density at radius 1 is 0.864 bits per heavy atom. The molecule has 1 aromatic heterocycles. The Bertz CT molecular complexity index is 678. The minimum absolute atomic E-state index is 0.0929. The lowest BCUT2D eigenvalue weighted by Crippen LogP contribution is -2.50. The van der Waals surface area contributed by atoms with Gasteiger partial charge in [-0.1, -0.05) is 30.3 Å². The standard InChI is InChI=1S/C14H8F7N/c15-12(13(16,17)18,14(19,20)21)10-6-7-22-11(8-10)9-4-2-1-3-5-9/h1-8H/i1D. The van der Waals surface area contributed by atoms with Crippen LogP contribution in [0.1, 0.15) is 6.93 Å². The predicted molar refractivity (Wildman–Crippen MR) is 64.6 cm³/mol. The van der Waals surface area contributed by atoms with E-state index in [1.165, 1.54) is 24.3 Å². The lowest BCUT2D eigenvalue weighted by Gasteiger charge is -2.30. The highest BCUT2D eigenvalue weighted by atomic mass is 19.4. The molecule has 1 nitrogen and oxygen atoms in total. The van der Waals surface area contributed by atoms with Crippen molar-refractivity contribution in [2.24, 2.45) is 0 Å². The number of nitrogens with zero attached hydrogens (tertiary/aromatic N) is 1. The average Bonchev–Trinajstić information content (AvgIpc) is 2.45. The molecule has 0 atom stereocenters. The lowest BCUT2D eigenvalue weighted by atomic mass is 9.93. The van der Waals surface area contributed by atoms with Gasteiger partial charge < -0.3 is 0 Å². The second kappa shape index (κ2) is 5.26. The molecule has 0 radical (unpaired) electrons. The average molecular weight is 324 g/mol. The van der Waals surface area contributed by atoms with E-state index in [9.17, 15) is 30.7 Å². The van der Waals surface area contributed by atoms with Gasteiger partial charge in [0.05, 0.1) is 7.06 Å². The number of benzene rings is 1. The zero-order chi connectivity index (χ0) is 17.5. The van der Waals surface area contributed by atoms with Crippen LogP contribution in [0.2, 0.25) is 0 Å². The topological polar surface area (TPSA) is 12.9 Å². The molecule has 0 spiro atoms. The quantitative estimate of drug-likeness (QED) is 0.706. The minimum atomic E-state index is -6.17. The van der Waals surface area contributed by atoms with E-state index in [0.717, 1.165) is 0 Å². The first-order valence-electron chi connectivity index (χ1n) is 6.33. The van der Waals surface area contributed by atoms with Crippen LogP contribution >= 0.6 is 0 Å². The van der Waals surface area contributed by atoms with Gasteiger partial charge in [-0.05, 0) is 12.1 Å². The molecule has 0 amide bonds. The maximum atomic E-state index is 14.0. The van der Waals surface area contributed by atoms with Gasteiger partial charge in [0.15, 0.2) is 0 Å². The number of alkyl halides is 7. The Labute approximate surface area is 121 Å². The second-order valence-electron chi connectivity index (χ2n) is 4.37. The zero-order valence-electron chi connectivity index (χ0n) is 11.6. The normalized spacial score (nSPS) is 13.9. The highest BCUT2D eigenvalue weighted by molar-refractivity contribution is 5.60. The molecule has 22 heavy (non-hydrogen) atoms. The Morgan fingerprint density at radius 3 is 1.91 bits per heavy atom. The fraction of sp³-hybridized carbons (Fsp3) is 0.214. The van der Waals surface area contributed by atoms with Crippen LogP contribution in [0.5, 0.6) is 0 Å². The number of hydrogen-bond acceptors (Lipinski definition) is 1. The molecule has 1 heterocycles. The third kappa shape index (κ3) is 2.65. The van der Waals surface area contributed by atoms with Crippen LogP contribution in [0.15, 0.2) is 48.6 Å². The number of aromatic nitrogens is 1. The molecule has 0 unspecified atom stereocenters. The summed E-state index contributed by atoms with van der Waals surface area (Å²) in [4.78, 5) is 3.65. The monoisotopic (exact) mass is 324 g/mol. The summed E-state index contributed by atoms with van der Waals surface area (Å²) < 4.78 is 97.7. The molecule has 0 saturated heterocycles. The summed E-state index contributed by atoms with van der Waals surface area (Å²) >= 11 is 0. The van der Waals surface area contributed by atoms with Crippen molar-refractivity contribution in [2.45, 2.75) is 18.0 Å². The number of pyridine rings is 1. The van der Waals surface area contributed by atoms with Gasteiger partial charge in [-0.3, -0.25) is 4.98 Å². The Kier molecular flexibility index (Phi) is 3.54. The summed E-state index contributed by atoms with van der Waals surface area (Å²) in [6, 6.07) is 5.96. The van der Waals surface area contributed by atoms with Crippen LogP contribution in [-0.2, 0) is 5.67 Å². The maximum Gasteiger partial charge on any atom is 0.435 e. The summed E-state index contributed by atoms with van der Waals surface area (Å²) in [6.07, 6.45) is -11.7. The summed E-state index contributed by atoms with van der Waals surface area (Å²) in [7, 11) is 0. The van der Waals surface area contributed by atoms with Gasteiger partial charge in [-0.15, -0.1) is 0 Å². The maximum absolute atomic E-state index is 14.0. The number of halogens is 7. The van der Waals surface area contributed by atoms with Crippen molar-refractivity contribution in [1.82, 2.24) is 4.98 Å². The first-order valence-corrected chi connectivity index (χ1v) is 5.83. The van der Waals surface area contributed by atoms with Crippen molar-refractivity contribution in [3.05, 3.63) is 54.2 Å². The largest absolute Gasteiger partial charge is 0.435 e. The highest BCUT2D eigenvalue weighted by Crippen LogP contribution is 2.53. The van der Waals surface area contributed by atoms with Crippen molar-refractivity contribution in [2.75, 3.05) is 0 Å². The molecule has 0 aliphatic heterocycles. The van der Waals surface area contributed by atoms with Crippen molar-refractivity contribution in [3.8, 4) is 11.3 Å². The van der Waals surface area contributed by atoms with E-state index in [-0.39, 0.29) is 17.3 Å². The first kappa shape index (κ1) is 14.8. The summed E-state index contributed by atoms with van der Waals surface area (Å²) in [5, 5.41) is 0. The van der Waals surface area contributed by atoms with Gasteiger partial charge in [0.25, 0.3) is 0 Å². The molecular weight excluding hydrogens is 315 g/mol. The van der Waals surface area contributed by atoms with Crippen LogP contribution in [0, 0.1) is 0 Å². The molecule has 2 rings (SSSR count). The molecule has 0 N–H and O–H groups in total. The van der Waals surface area contributed by atoms with Crippen molar-refractivity contribution < 1.29 is 32.1 Å². The Balaban J connectivity index is 2.59. The van der Waals surface area contributed by atoms with Crippen LogP contribution < -0.4 is 0 Å². The number of rotatable bonds is 2. The third-order valence-electron chi connectivity index (χ3n) is 2.95. The van der Waals surface area contributed by atoms with Crippen LogP contribution in [0.3, 0.4) is 0 Å². The lowest BCUT2D eigenvalue weighted by molar-refractivity contribution is -0.348. The Hall–Kier alpha value is -2.12. The van der Waals surface area contributed by atoms with Crippen molar-refractivity contribution >= 4 is 0 Å². The van der Waals surface area contributed by atoms with Gasteiger partial charge >= 0.3 is 18.0 Å². The molecule has 0 bridgehead atoms. The fourth-order valence-electron chi connectivity index (χ4n) is 1.85. The van der Waals surface area contributed by atoms with Gasteiger partial charge in [-0.2, -0.15) is 26.3 Å². The van der Waals surface area contributed by atoms with E-state index in [4.69, 9.17) is 1.37 Å². The summed E-state index contributed by atoms with van der Waals surface area (Å²) in [5.74, 6) is 0. The van der Waals surface area contributed by atoms with Crippen LogP contribution in [0.25, 0.3) is 11.3 Å². The Morgan fingerprint density at radius 2 is 1.41 bits per heavy atom. The van der Waals surface area contributed by atoms with Gasteiger partial charge in [-0.25, -0.2) is 4.39 Å². The van der Waals surface area contributed by atoms with Gasteiger partial charge in [0.1, 0.15) is 0 Å². The van der Waals surface area contributed by atoms with E-state index in [1.54, 1.807) is 0 Å². The molecule has 0 aliphatic carbocycles. The highest BCUT2D eigenvalue weighted by Gasteiger charge is 2.73. The first-order chi connectivity index (χ1) is 10.5. The molecule has 8 heteroatoms. The molecule has 0 fully saturated rings. The van der Waals surface area contributed by atoms with Gasteiger partial charge in [0.2, 0.25) is 0 Å². The smallest absolute Gasteiger partial charge is 0.256 e. The van der Waals surface area contributed by atoms with Crippen molar-refractivity contribution in [3.63, 3.8) is 0 Å². The molecule has 118 valence electrons. The van der Waals surface area contributed by atoms with Crippen molar-refractivity contribution in [1.29, 1.82) is 0 Å². The zero-order valence-corrected chi connectivity index (χ0v) is 10.6. The fourth-order valence-corrected chi connectivity index (χ4v) is 1.85. The molecule has 2 aromatic rings. The van der Waals surface area contributed by atoms with E-state index < -0.39 is 23.6 Å². The third-order valence-corrected chi connectivity index (χ3v) is 2.95. The van der Waals surface area contributed by atoms with E-state index >= 15 is 0 Å². The van der Waals surface area contributed by atoms with E-state index in [0.29, 0.717) is 18.3 Å². The molecule has 1 aromatic carbocycles. The predicted octanol–water partition coefficient (Wildman–Crippen LogP) is 5.04. The molecule has 0 aliphatic rings. The van der Waals surface area contributed by atoms with E-state index in [1.807, 2.05) is 0 Å². The SMILES string of the molecule is [2H]c1ccc(-c2cc(C(F)(C(F)(F)F)C(F)(F)F)ccn2)cc1. The van der Waals surface area contributed by atoms with E-state index in [2.05, 4.69) is 4.98 Å². The van der Waals surface area contributed by atoms with Gasteiger partial charge in [0, 0.05) is 17.3 Å². The van der Waals surface area contributed by atoms with Crippen LogP contribution in [0.4, 0.5) is 30.7 Å². The summed E-state index contributed by atoms with van der Waals surface area (Å²) in [5.41, 5.74) is -7.20. The molecular formula is C14H8F7N.